The Morgan fingerprint density at radius 2 is 1.50 bits per heavy atom. The summed E-state index contributed by atoms with van der Waals surface area (Å²) in [6.07, 6.45) is 0.963. The summed E-state index contributed by atoms with van der Waals surface area (Å²) in [5, 5.41) is 11.0. The van der Waals surface area contributed by atoms with Crippen LogP contribution in [0.15, 0.2) is 83.3 Å². The van der Waals surface area contributed by atoms with Gasteiger partial charge in [-0.15, -0.1) is 10.2 Å². The minimum atomic E-state index is -0.215. The predicted molar refractivity (Wildman–Crippen MR) is 115 cm³/mol. The molecule has 150 valence electrons. The average molecular weight is 399 g/mol. The molecule has 1 N–H and O–H groups in total. The van der Waals surface area contributed by atoms with Gasteiger partial charge in [-0.2, -0.15) is 0 Å². The van der Waals surface area contributed by atoms with Crippen LogP contribution in [-0.2, 0) is 11.2 Å². The van der Waals surface area contributed by atoms with Crippen molar-refractivity contribution in [2.75, 3.05) is 11.9 Å². The number of nitrogens with zero attached hydrogens (tertiary/aromatic N) is 2. The maximum absolute atomic E-state index is 12.1. The molecule has 0 fully saturated rings. The van der Waals surface area contributed by atoms with Crippen LogP contribution in [0.3, 0.4) is 0 Å². The summed E-state index contributed by atoms with van der Waals surface area (Å²) in [6.45, 7) is 2.01. The number of hydrogen-bond donors (Lipinski definition) is 1. The number of carbonyl (C=O) groups is 1. The Kier molecular flexibility index (Phi) is 5.85. The van der Waals surface area contributed by atoms with Crippen molar-refractivity contribution in [3.05, 3.63) is 84.4 Å². The summed E-state index contributed by atoms with van der Waals surface area (Å²) in [6, 6.07) is 24.5. The second-order valence-corrected chi connectivity index (χ2v) is 6.69. The number of aryl methyl sites for hydroxylation is 1. The third-order valence-corrected chi connectivity index (χ3v) is 4.56. The molecule has 4 aromatic rings. The van der Waals surface area contributed by atoms with Crippen molar-refractivity contribution in [1.29, 1.82) is 0 Å². The first-order chi connectivity index (χ1) is 14.7. The molecule has 0 saturated heterocycles. The van der Waals surface area contributed by atoms with Crippen molar-refractivity contribution in [1.82, 2.24) is 10.2 Å². The lowest BCUT2D eigenvalue weighted by atomic mass is 10.1. The van der Waals surface area contributed by atoms with Crippen LogP contribution in [0.1, 0.15) is 12.5 Å². The first kappa shape index (κ1) is 19.4. The summed E-state index contributed by atoms with van der Waals surface area (Å²) >= 11 is 0. The first-order valence-electron chi connectivity index (χ1n) is 9.72. The molecule has 1 heterocycles. The lowest BCUT2D eigenvalue weighted by Crippen LogP contribution is -2.20. The van der Waals surface area contributed by atoms with Crippen LogP contribution in [0.2, 0.25) is 0 Å². The van der Waals surface area contributed by atoms with Crippen molar-refractivity contribution in [2.45, 2.75) is 13.3 Å². The molecule has 0 saturated carbocycles. The van der Waals surface area contributed by atoms with Gasteiger partial charge in [0.2, 0.25) is 11.8 Å². The number of ether oxygens (including phenoxy) is 1. The molecule has 30 heavy (non-hydrogen) atoms. The number of aromatic nitrogens is 2. The van der Waals surface area contributed by atoms with Gasteiger partial charge in [0.05, 0.1) is 0 Å². The maximum atomic E-state index is 12.1. The van der Waals surface area contributed by atoms with Gasteiger partial charge in [0.15, 0.2) is 6.61 Å². The first-order valence-corrected chi connectivity index (χ1v) is 9.72. The van der Waals surface area contributed by atoms with E-state index in [1.54, 1.807) is 12.1 Å². The average Bonchev–Trinajstić information content (AvgIpc) is 3.29. The summed E-state index contributed by atoms with van der Waals surface area (Å²) in [7, 11) is 0. The van der Waals surface area contributed by atoms with E-state index in [-0.39, 0.29) is 12.5 Å². The quantitative estimate of drug-likeness (QED) is 0.474. The van der Waals surface area contributed by atoms with Crippen LogP contribution < -0.4 is 10.1 Å². The second-order valence-electron chi connectivity index (χ2n) is 6.69. The van der Waals surface area contributed by atoms with Gasteiger partial charge in [0, 0.05) is 16.8 Å². The maximum Gasteiger partial charge on any atom is 0.262 e. The van der Waals surface area contributed by atoms with Crippen LogP contribution in [0, 0.1) is 0 Å². The Balaban J connectivity index is 1.33. The van der Waals surface area contributed by atoms with Gasteiger partial charge in [-0.3, -0.25) is 4.79 Å². The highest BCUT2D eigenvalue weighted by atomic mass is 16.5. The van der Waals surface area contributed by atoms with Crippen molar-refractivity contribution < 1.29 is 13.9 Å². The fraction of sp³-hybridized carbons (Fsp3) is 0.125. The van der Waals surface area contributed by atoms with E-state index in [0.717, 1.165) is 23.2 Å². The fourth-order valence-corrected chi connectivity index (χ4v) is 2.90. The lowest BCUT2D eigenvalue weighted by Gasteiger charge is -2.08. The molecule has 1 aromatic heterocycles. The summed E-state index contributed by atoms with van der Waals surface area (Å²) in [4.78, 5) is 12.1. The molecule has 1 amide bonds. The van der Waals surface area contributed by atoms with E-state index in [4.69, 9.17) is 9.15 Å². The van der Waals surface area contributed by atoms with Crippen LogP contribution in [-0.4, -0.2) is 22.7 Å². The number of anilines is 1. The smallest absolute Gasteiger partial charge is 0.262 e. The SMILES string of the molecule is CCc1ccc(NC(=O)COc2ccc(-c3nnc(-c4ccccc4)o3)cc2)cc1. The standard InChI is InChI=1S/C24H21N3O3/c1-2-17-8-12-20(13-9-17)25-22(28)16-29-21-14-10-19(11-15-21)24-27-26-23(30-24)18-6-4-3-5-7-18/h3-15H,2,16H2,1H3,(H,25,28). The van der Waals surface area contributed by atoms with Gasteiger partial charge in [0.1, 0.15) is 5.75 Å². The minimum Gasteiger partial charge on any atom is -0.484 e. The summed E-state index contributed by atoms with van der Waals surface area (Å²) in [5.41, 5.74) is 3.62. The number of carbonyl (C=O) groups excluding carboxylic acids is 1. The van der Waals surface area contributed by atoms with Gasteiger partial charge in [-0.05, 0) is 60.5 Å². The Morgan fingerprint density at radius 1 is 0.867 bits per heavy atom. The molecule has 0 radical (unpaired) electrons. The molecule has 0 aliphatic carbocycles. The molecule has 0 unspecified atom stereocenters. The number of rotatable bonds is 7. The second kappa shape index (κ2) is 9.05. The monoisotopic (exact) mass is 399 g/mol. The molecule has 0 bridgehead atoms. The van der Waals surface area contributed by atoms with Crippen LogP contribution >= 0.6 is 0 Å². The number of benzene rings is 3. The lowest BCUT2D eigenvalue weighted by molar-refractivity contribution is -0.118. The zero-order valence-electron chi connectivity index (χ0n) is 16.5. The van der Waals surface area contributed by atoms with E-state index in [1.165, 1.54) is 5.56 Å². The van der Waals surface area contributed by atoms with Gasteiger partial charge >= 0.3 is 0 Å². The van der Waals surface area contributed by atoms with Crippen molar-refractivity contribution in [3.63, 3.8) is 0 Å². The molecule has 0 atom stereocenters. The third-order valence-electron chi connectivity index (χ3n) is 4.56. The number of nitrogens with one attached hydrogen (secondary N) is 1. The molecule has 0 aliphatic rings. The molecule has 4 rings (SSSR count). The number of amides is 1. The van der Waals surface area contributed by atoms with Gasteiger partial charge in [-0.25, -0.2) is 0 Å². The topological polar surface area (TPSA) is 77.2 Å². The minimum absolute atomic E-state index is 0.0758. The molecule has 0 spiro atoms. The summed E-state index contributed by atoms with van der Waals surface area (Å²) in [5.74, 6) is 1.26. The van der Waals surface area contributed by atoms with E-state index in [1.807, 2.05) is 66.7 Å². The Bertz CT molecular complexity index is 1100. The van der Waals surface area contributed by atoms with Gasteiger partial charge < -0.3 is 14.5 Å². The van der Waals surface area contributed by atoms with Crippen molar-refractivity contribution in [3.8, 4) is 28.7 Å². The van der Waals surface area contributed by atoms with E-state index in [0.29, 0.717) is 17.5 Å². The fourth-order valence-electron chi connectivity index (χ4n) is 2.90. The highest BCUT2D eigenvalue weighted by Crippen LogP contribution is 2.25. The number of hydrogen-bond acceptors (Lipinski definition) is 5. The van der Waals surface area contributed by atoms with E-state index < -0.39 is 0 Å². The predicted octanol–water partition coefficient (Wildman–Crippen LogP) is 4.98. The zero-order chi connectivity index (χ0) is 20.8. The Labute approximate surface area is 174 Å². The molecule has 6 nitrogen and oxygen atoms in total. The highest BCUT2D eigenvalue weighted by Gasteiger charge is 2.10. The molecular weight excluding hydrogens is 378 g/mol. The molecule has 6 heteroatoms. The van der Waals surface area contributed by atoms with Crippen LogP contribution in [0.25, 0.3) is 22.9 Å². The van der Waals surface area contributed by atoms with E-state index >= 15 is 0 Å². The van der Waals surface area contributed by atoms with E-state index in [9.17, 15) is 4.79 Å². The van der Waals surface area contributed by atoms with E-state index in [2.05, 4.69) is 22.4 Å². The normalized spacial score (nSPS) is 10.6. The third kappa shape index (κ3) is 4.72. The van der Waals surface area contributed by atoms with Crippen molar-refractivity contribution in [2.24, 2.45) is 0 Å². The molecular formula is C24H21N3O3. The largest absolute Gasteiger partial charge is 0.484 e. The molecule has 0 aliphatic heterocycles. The Morgan fingerprint density at radius 3 is 2.13 bits per heavy atom. The van der Waals surface area contributed by atoms with Crippen molar-refractivity contribution >= 4 is 11.6 Å². The summed E-state index contributed by atoms with van der Waals surface area (Å²) < 4.78 is 11.3. The Hall–Kier alpha value is -3.93. The van der Waals surface area contributed by atoms with Gasteiger partial charge in [-0.1, -0.05) is 37.3 Å². The highest BCUT2D eigenvalue weighted by molar-refractivity contribution is 5.91. The zero-order valence-corrected chi connectivity index (χ0v) is 16.5. The van der Waals surface area contributed by atoms with Gasteiger partial charge in [0.25, 0.3) is 5.91 Å². The van der Waals surface area contributed by atoms with Crippen LogP contribution in [0.4, 0.5) is 5.69 Å². The molecule has 3 aromatic carbocycles. The van der Waals surface area contributed by atoms with Crippen LogP contribution in [0.5, 0.6) is 5.75 Å².